The van der Waals surface area contributed by atoms with E-state index in [-0.39, 0.29) is 5.91 Å². The van der Waals surface area contributed by atoms with Crippen molar-refractivity contribution >= 4 is 17.7 Å². The molecule has 2 unspecified atom stereocenters. The normalized spacial score (nSPS) is 35.7. The highest BCUT2D eigenvalue weighted by molar-refractivity contribution is 7.99. The van der Waals surface area contributed by atoms with Gasteiger partial charge in [0.25, 0.3) is 0 Å². The second-order valence-electron chi connectivity index (χ2n) is 4.40. The van der Waals surface area contributed by atoms with Crippen LogP contribution in [0.25, 0.3) is 0 Å². The minimum Gasteiger partial charge on any atom is -0.379 e. The summed E-state index contributed by atoms with van der Waals surface area (Å²) in [5.74, 6) is 2.97. The third kappa shape index (κ3) is 2.65. The maximum atomic E-state index is 11.8. The largest absolute Gasteiger partial charge is 0.379 e. The van der Waals surface area contributed by atoms with Crippen molar-refractivity contribution in [3.8, 4) is 0 Å². The van der Waals surface area contributed by atoms with Gasteiger partial charge in [0.1, 0.15) is 5.54 Å². The Balaban J connectivity index is 1.76. The van der Waals surface area contributed by atoms with Gasteiger partial charge in [-0.3, -0.25) is 4.79 Å². The highest BCUT2D eigenvalue weighted by atomic mass is 32.2. The number of carbonyl (C=O) groups is 1. The summed E-state index contributed by atoms with van der Waals surface area (Å²) in [6.07, 6.45) is 1.84. The topological polar surface area (TPSA) is 64.4 Å². The van der Waals surface area contributed by atoms with Crippen LogP contribution in [0.5, 0.6) is 0 Å². The molecule has 0 aromatic rings. The van der Waals surface area contributed by atoms with Gasteiger partial charge in [0.05, 0.1) is 6.61 Å². The summed E-state index contributed by atoms with van der Waals surface area (Å²) in [5, 5.41) is 2.95. The van der Waals surface area contributed by atoms with Gasteiger partial charge in [-0.05, 0) is 30.3 Å². The SMILES string of the molecule is NC1(C(=O)NCC2CCSC2)CCOC1. The molecule has 0 saturated carbocycles. The van der Waals surface area contributed by atoms with E-state index in [1.165, 1.54) is 12.2 Å². The number of thioether (sulfide) groups is 1. The number of ether oxygens (including phenoxy) is 1. The van der Waals surface area contributed by atoms with Crippen LogP contribution in [0.1, 0.15) is 12.8 Å². The van der Waals surface area contributed by atoms with Crippen LogP contribution in [0.4, 0.5) is 0 Å². The molecule has 3 N–H and O–H groups in total. The highest BCUT2D eigenvalue weighted by Gasteiger charge is 2.38. The van der Waals surface area contributed by atoms with Gasteiger partial charge in [-0.1, -0.05) is 0 Å². The van der Waals surface area contributed by atoms with Crippen LogP contribution in [0.3, 0.4) is 0 Å². The first-order chi connectivity index (χ1) is 7.21. The highest BCUT2D eigenvalue weighted by Crippen LogP contribution is 2.23. The lowest BCUT2D eigenvalue weighted by Crippen LogP contribution is -2.55. The number of nitrogens with two attached hydrogens (primary N) is 1. The molecule has 2 aliphatic rings. The molecular weight excluding hydrogens is 212 g/mol. The summed E-state index contributed by atoms with van der Waals surface area (Å²) in [4.78, 5) is 11.8. The second-order valence-corrected chi connectivity index (χ2v) is 5.55. The van der Waals surface area contributed by atoms with Crippen LogP contribution < -0.4 is 11.1 Å². The van der Waals surface area contributed by atoms with Gasteiger partial charge in [-0.15, -0.1) is 0 Å². The van der Waals surface area contributed by atoms with Crippen molar-refractivity contribution in [2.75, 3.05) is 31.3 Å². The summed E-state index contributed by atoms with van der Waals surface area (Å²) < 4.78 is 5.16. The molecule has 5 heteroatoms. The third-order valence-corrected chi connectivity index (χ3v) is 4.31. The van der Waals surface area contributed by atoms with Crippen LogP contribution in [-0.2, 0) is 9.53 Å². The van der Waals surface area contributed by atoms with Crippen LogP contribution in [-0.4, -0.2) is 42.7 Å². The van der Waals surface area contributed by atoms with Gasteiger partial charge < -0.3 is 15.8 Å². The van der Waals surface area contributed by atoms with Gasteiger partial charge in [0.2, 0.25) is 5.91 Å². The van der Waals surface area contributed by atoms with E-state index in [9.17, 15) is 4.79 Å². The Morgan fingerprint density at radius 1 is 1.67 bits per heavy atom. The fourth-order valence-corrected chi connectivity index (χ4v) is 3.20. The minimum atomic E-state index is -0.772. The lowest BCUT2D eigenvalue weighted by atomic mass is 9.99. The zero-order chi connectivity index (χ0) is 10.7. The number of hydrogen-bond donors (Lipinski definition) is 2. The van der Waals surface area contributed by atoms with Crippen molar-refractivity contribution in [3.63, 3.8) is 0 Å². The Hall–Kier alpha value is -0.260. The monoisotopic (exact) mass is 230 g/mol. The van der Waals surface area contributed by atoms with Crippen LogP contribution >= 0.6 is 11.8 Å². The Morgan fingerprint density at radius 2 is 2.53 bits per heavy atom. The summed E-state index contributed by atoms with van der Waals surface area (Å²) in [6.45, 7) is 1.73. The van der Waals surface area contributed by atoms with E-state index in [1.807, 2.05) is 11.8 Å². The van der Waals surface area contributed by atoms with Gasteiger partial charge in [-0.2, -0.15) is 11.8 Å². The Kier molecular flexibility index (Phi) is 3.53. The molecule has 1 amide bonds. The van der Waals surface area contributed by atoms with E-state index in [2.05, 4.69) is 5.32 Å². The first-order valence-electron chi connectivity index (χ1n) is 5.43. The van der Waals surface area contributed by atoms with Gasteiger partial charge in [-0.25, -0.2) is 0 Å². The fourth-order valence-electron chi connectivity index (χ4n) is 1.92. The number of hydrogen-bond acceptors (Lipinski definition) is 4. The van der Waals surface area contributed by atoms with E-state index >= 15 is 0 Å². The smallest absolute Gasteiger partial charge is 0.242 e. The molecule has 2 saturated heterocycles. The van der Waals surface area contributed by atoms with E-state index in [4.69, 9.17) is 10.5 Å². The van der Waals surface area contributed by atoms with Crippen LogP contribution in [0.15, 0.2) is 0 Å². The van der Waals surface area contributed by atoms with E-state index in [1.54, 1.807) is 0 Å². The van der Waals surface area contributed by atoms with Crippen molar-refractivity contribution in [3.05, 3.63) is 0 Å². The zero-order valence-corrected chi connectivity index (χ0v) is 9.65. The molecule has 4 nitrogen and oxygen atoms in total. The molecule has 2 heterocycles. The quantitative estimate of drug-likeness (QED) is 0.715. The maximum absolute atomic E-state index is 11.8. The van der Waals surface area contributed by atoms with Gasteiger partial charge >= 0.3 is 0 Å². The number of amides is 1. The Morgan fingerprint density at radius 3 is 3.13 bits per heavy atom. The molecule has 0 radical (unpaired) electrons. The van der Waals surface area contributed by atoms with Gasteiger partial charge in [0.15, 0.2) is 0 Å². The summed E-state index contributed by atoms with van der Waals surface area (Å²) >= 11 is 1.96. The molecule has 2 atom stereocenters. The second kappa shape index (κ2) is 4.72. The first-order valence-corrected chi connectivity index (χ1v) is 6.59. The minimum absolute atomic E-state index is 0.0445. The molecule has 0 aromatic heterocycles. The average Bonchev–Trinajstić information content (AvgIpc) is 2.85. The molecule has 15 heavy (non-hydrogen) atoms. The van der Waals surface area contributed by atoms with Crippen molar-refractivity contribution in [2.24, 2.45) is 11.7 Å². The summed E-state index contributed by atoms with van der Waals surface area (Å²) in [5.41, 5.74) is 5.17. The molecule has 2 rings (SSSR count). The van der Waals surface area contributed by atoms with Crippen LogP contribution in [0.2, 0.25) is 0 Å². The molecule has 2 fully saturated rings. The third-order valence-electron chi connectivity index (χ3n) is 3.08. The van der Waals surface area contributed by atoms with Crippen molar-refractivity contribution in [1.82, 2.24) is 5.32 Å². The summed E-state index contributed by atoms with van der Waals surface area (Å²) in [6, 6.07) is 0. The van der Waals surface area contributed by atoms with E-state index in [0.29, 0.717) is 25.6 Å². The molecule has 0 bridgehead atoms. The standard InChI is InChI=1S/C10H18N2O2S/c11-10(2-3-14-7-10)9(13)12-5-8-1-4-15-6-8/h8H,1-7,11H2,(H,12,13). The van der Waals surface area contributed by atoms with E-state index < -0.39 is 5.54 Å². The Labute approximate surface area is 94.3 Å². The average molecular weight is 230 g/mol. The van der Waals surface area contributed by atoms with Crippen molar-refractivity contribution in [1.29, 1.82) is 0 Å². The molecular formula is C10H18N2O2S. The van der Waals surface area contributed by atoms with Gasteiger partial charge in [0, 0.05) is 13.2 Å². The predicted molar refractivity (Wildman–Crippen MR) is 60.8 cm³/mol. The zero-order valence-electron chi connectivity index (χ0n) is 8.83. The van der Waals surface area contributed by atoms with Crippen molar-refractivity contribution < 1.29 is 9.53 Å². The number of nitrogens with one attached hydrogen (secondary N) is 1. The Bertz CT molecular complexity index is 236. The number of carbonyl (C=O) groups excluding carboxylic acids is 1. The molecule has 86 valence electrons. The van der Waals surface area contributed by atoms with Crippen LogP contribution in [0, 0.1) is 5.92 Å². The predicted octanol–water partition coefficient (Wildman–Crippen LogP) is -0.0265. The molecule has 0 aromatic carbocycles. The lowest BCUT2D eigenvalue weighted by Gasteiger charge is -2.21. The first kappa shape index (κ1) is 11.2. The lowest BCUT2D eigenvalue weighted by molar-refractivity contribution is -0.126. The fraction of sp³-hybridized carbons (Fsp3) is 0.900. The maximum Gasteiger partial charge on any atom is 0.242 e. The molecule has 0 aliphatic carbocycles. The molecule has 0 spiro atoms. The summed E-state index contributed by atoms with van der Waals surface area (Å²) in [7, 11) is 0. The number of rotatable bonds is 3. The van der Waals surface area contributed by atoms with Crippen molar-refractivity contribution in [2.45, 2.75) is 18.4 Å². The molecule has 2 aliphatic heterocycles. The van der Waals surface area contributed by atoms with E-state index in [0.717, 1.165) is 12.3 Å².